The summed E-state index contributed by atoms with van der Waals surface area (Å²) in [7, 11) is 0. The summed E-state index contributed by atoms with van der Waals surface area (Å²) in [6.07, 6.45) is 3.40. The molecular weight excluding hydrogens is 232 g/mol. The lowest BCUT2D eigenvalue weighted by Gasteiger charge is -2.27. The van der Waals surface area contributed by atoms with E-state index < -0.39 is 5.54 Å². The summed E-state index contributed by atoms with van der Waals surface area (Å²) in [4.78, 5) is 11.7. The van der Waals surface area contributed by atoms with Crippen molar-refractivity contribution in [3.05, 3.63) is 0 Å². The lowest BCUT2D eigenvalue weighted by Crippen LogP contribution is -2.48. The minimum absolute atomic E-state index is 0.0373. The van der Waals surface area contributed by atoms with Gasteiger partial charge in [-0.25, -0.2) is 0 Å². The van der Waals surface area contributed by atoms with Gasteiger partial charge in [0, 0.05) is 6.42 Å². The molecular formula is C13H26N2O3. The summed E-state index contributed by atoms with van der Waals surface area (Å²) < 4.78 is 5.67. The Morgan fingerprint density at radius 2 is 2.17 bits per heavy atom. The van der Waals surface area contributed by atoms with E-state index in [2.05, 4.69) is 10.6 Å². The SMILES string of the molecule is CCC(C)(CO)NC(=O)CCOC1CCNCC1. The van der Waals surface area contributed by atoms with Crippen molar-refractivity contribution in [1.29, 1.82) is 0 Å². The molecule has 1 heterocycles. The largest absolute Gasteiger partial charge is 0.394 e. The van der Waals surface area contributed by atoms with Gasteiger partial charge in [0.05, 0.1) is 24.9 Å². The fourth-order valence-electron chi connectivity index (χ4n) is 1.92. The van der Waals surface area contributed by atoms with Crippen molar-refractivity contribution in [3.8, 4) is 0 Å². The van der Waals surface area contributed by atoms with E-state index in [9.17, 15) is 9.90 Å². The molecule has 0 bridgehead atoms. The number of nitrogens with one attached hydrogen (secondary N) is 2. The Hall–Kier alpha value is -0.650. The molecule has 1 unspecified atom stereocenters. The fourth-order valence-corrected chi connectivity index (χ4v) is 1.92. The molecule has 0 saturated carbocycles. The Bertz CT molecular complexity index is 249. The van der Waals surface area contributed by atoms with Gasteiger partial charge in [-0.3, -0.25) is 4.79 Å². The predicted octanol–water partition coefficient (Wildman–Crippen LogP) is 0.422. The summed E-state index contributed by atoms with van der Waals surface area (Å²) in [6.45, 7) is 6.21. The Morgan fingerprint density at radius 1 is 1.50 bits per heavy atom. The number of amides is 1. The standard InChI is InChI=1S/C13H26N2O3/c1-3-13(2,10-16)15-12(17)6-9-18-11-4-7-14-8-5-11/h11,14,16H,3-10H2,1-2H3,(H,15,17). The molecule has 1 amide bonds. The van der Waals surface area contributed by atoms with Gasteiger partial charge in [0.15, 0.2) is 0 Å². The molecule has 1 rings (SSSR count). The Kier molecular flexibility index (Phi) is 6.60. The van der Waals surface area contributed by atoms with Crippen LogP contribution in [-0.2, 0) is 9.53 Å². The van der Waals surface area contributed by atoms with Crippen molar-refractivity contribution in [2.45, 2.75) is 51.2 Å². The van der Waals surface area contributed by atoms with Crippen LogP contribution in [0.4, 0.5) is 0 Å². The quantitative estimate of drug-likeness (QED) is 0.619. The highest BCUT2D eigenvalue weighted by molar-refractivity contribution is 5.76. The molecule has 106 valence electrons. The second kappa shape index (κ2) is 7.71. The molecule has 0 radical (unpaired) electrons. The Labute approximate surface area is 109 Å². The molecule has 1 aliphatic rings. The lowest BCUT2D eigenvalue weighted by atomic mass is 10.0. The summed E-state index contributed by atoms with van der Waals surface area (Å²) in [5.74, 6) is -0.0534. The third kappa shape index (κ3) is 5.33. The lowest BCUT2D eigenvalue weighted by molar-refractivity contribution is -0.125. The van der Waals surface area contributed by atoms with Crippen LogP contribution < -0.4 is 10.6 Å². The topological polar surface area (TPSA) is 70.6 Å². The smallest absolute Gasteiger partial charge is 0.222 e. The van der Waals surface area contributed by atoms with Crippen LogP contribution in [0.15, 0.2) is 0 Å². The zero-order chi connectivity index (χ0) is 13.4. The van der Waals surface area contributed by atoms with E-state index in [1.54, 1.807) is 0 Å². The van der Waals surface area contributed by atoms with Gasteiger partial charge < -0.3 is 20.5 Å². The fraction of sp³-hybridized carbons (Fsp3) is 0.923. The molecule has 1 saturated heterocycles. The normalized spacial score (nSPS) is 20.4. The average molecular weight is 258 g/mol. The maximum atomic E-state index is 11.7. The number of hydrogen-bond acceptors (Lipinski definition) is 4. The molecule has 0 aromatic heterocycles. The van der Waals surface area contributed by atoms with Gasteiger partial charge in [0.2, 0.25) is 5.91 Å². The third-order valence-electron chi connectivity index (χ3n) is 3.54. The van der Waals surface area contributed by atoms with Gasteiger partial charge in [-0.1, -0.05) is 6.92 Å². The molecule has 0 aromatic rings. The highest BCUT2D eigenvalue weighted by Crippen LogP contribution is 2.09. The van der Waals surface area contributed by atoms with E-state index in [-0.39, 0.29) is 18.6 Å². The average Bonchev–Trinajstić information content (AvgIpc) is 2.40. The van der Waals surface area contributed by atoms with Crippen molar-refractivity contribution in [2.75, 3.05) is 26.3 Å². The molecule has 0 aliphatic carbocycles. The number of hydrogen-bond donors (Lipinski definition) is 3. The minimum atomic E-state index is -0.508. The first-order valence-corrected chi connectivity index (χ1v) is 6.84. The Balaban J connectivity index is 2.16. The summed E-state index contributed by atoms with van der Waals surface area (Å²) in [6, 6.07) is 0. The minimum Gasteiger partial charge on any atom is -0.394 e. The van der Waals surface area contributed by atoms with Crippen LogP contribution in [0.25, 0.3) is 0 Å². The van der Waals surface area contributed by atoms with Crippen LogP contribution in [0.5, 0.6) is 0 Å². The van der Waals surface area contributed by atoms with Crippen LogP contribution in [0.2, 0.25) is 0 Å². The molecule has 1 atom stereocenters. The van der Waals surface area contributed by atoms with Crippen LogP contribution in [0.1, 0.15) is 39.5 Å². The van der Waals surface area contributed by atoms with Gasteiger partial charge in [-0.15, -0.1) is 0 Å². The van der Waals surface area contributed by atoms with Crippen LogP contribution in [-0.4, -0.2) is 49.0 Å². The van der Waals surface area contributed by atoms with Gasteiger partial charge in [0.1, 0.15) is 0 Å². The molecule has 5 nitrogen and oxygen atoms in total. The monoisotopic (exact) mass is 258 g/mol. The maximum absolute atomic E-state index is 11.7. The first-order valence-electron chi connectivity index (χ1n) is 6.84. The highest BCUT2D eigenvalue weighted by atomic mass is 16.5. The van der Waals surface area contributed by atoms with Crippen LogP contribution in [0.3, 0.4) is 0 Å². The van der Waals surface area contributed by atoms with E-state index in [1.807, 2.05) is 13.8 Å². The summed E-state index contributed by atoms with van der Waals surface area (Å²) in [5.41, 5.74) is -0.508. The number of ether oxygens (including phenoxy) is 1. The van der Waals surface area contributed by atoms with Crippen molar-refractivity contribution in [2.24, 2.45) is 0 Å². The summed E-state index contributed by atoms with van der Waals surface area (Å²) >= 11 is 0. The van der Waals surface area contributed by atoms with Gasteiger partial charge >= 0.3 is 0 Å². The number of piperidine rings is 1. The van der Waals surface area contributed by atoms with Crippen molar-refractivity contribution >= 4 is 5.91 Å². The van der Waals surface area contributed by atoms with Gasteiger partial charge in [-0.2, -0.15) is 0 Å². The number of aliphatic hydroxyl groups is 1. The molecule has 18 heavy (non-hydrogen) atoms. The van der Waals surface area contributed by atoms with E-state index in [0.29, 0.717) is 19.4 Å². The molecule has 3 N–H and O–H groups in total. The van der Waals surface area contributed by atoms with Crippen LogP contribution in [0, 0.1) is 0 Å². The predicted molar refractivity (Wildman–Crippen MR) is 70.4 cm³/mol. The van der Waals surface area contributed by atoms with E-state index >= 15 is 0 Å². The molecule has 1 fully saturated rings. The molecule has 0 aromatic carbocycles. The van der Waals surface area contributed by atoms with Crippen LogP contribution >= 0.6 is 0 Å². The zero-order valence-corrected chi connectivity index (χ0v) is 11.5. The number of carbonyl (C=O) groups is 1. The third-order valence-corrected chi connectivity index (χ3v) is 3.54. The molecule has 0 spiro atoms. The number of rotatable bonds is 7. The van der Waals surface area contributed by atoms with E-state index in [0.717, 1.165) is 25.9 Å². The van der Waals surface area contributed by atoms with Gasteiger partial charge in [0.25, 0.3) is 0 Å². The maximum Gasteiger partial charge on any atom is 0.222 e. The summed E-state index contributed by atoms with van der Waals surface area (Å²) in [5, 5.41) is 15.3. The zero-order valence-electron chi connectivity index (χ0n) is 11.5. The number of carbonyl (C=O) groups excluding carboxylic acids is 1. The van der Waals surface area contributed by atoms with Gasteiger partial charge in [-0.05, 0) is 39.3 Å². The second-order valence-corrected chi connectivity index (χ2v) is 5.19. The first-order chi connectivity index (χ1) is 8.59. The van der Waals surface area contributed by atoms with E-state index in [1.165, 1.54) is 0 Å². The second-order valence-electron chi connectivity index (χ2n) is 5.19. The van der Waals surface area contributed by atoms with Crippen molar-refractivity contribution < 1.29 is 14.6 Å². The van der Waals surface area contributed by atoms with Crippen molar-refractivity contribution in [3.63, 3.8) is 0 Å². The number of aliphatic hydroxyl groups excluding tert-OH is 1. The molecule has 1 aliphatic heterocycles. The van der Waals surface area contributed by atoms with E-state index in [4.69, 9.17) is 4.74 Å². The Morgan fingerprint density at radius 3 is 2.72 bits per heavy atom. The molecule has 5 heteroatoms. The first kappa shape index (κ1) is 15.4. The highest BCUT2D eigenvalue weighted by Gasteiger charge is 2.23. The van der Waals surface area contributed by atoms with Crippen molar-refractivity contribution in [1.82, 2.24) is 10.6 Å².